The lowest BCUT2D eigenvalue weighted by Gasteiger charge is -2.57. The zero-order valence-corrected chi connectivity index (χ0v) is 20.9. The summed E-state index contributed by atoms with van der Waals surface area (Å²) < 4.78 is 0. The molecule has 3 saturated carbocycles. The van der Waals surface area contributed by atoms with Gasteiger partial charge in [-0.05, 0) is 73.2 Å². The third kappa shape index (κ3) is 4.11. The number of aliphatic hydroxyl groups excluding tert-OH is 1. The molecule has 0 aromatic carbocycles. The second-order valence-electron chi connectivity index (χ2n) is 12.1. The van der Waals surface area contributed by atoms with E-state index < -0.39 is 0 Å². The van der Waals surface area contributed by atoms with Crippen LogP contribution in [0.3, 0.4) is 0 Å². The van der Waals surface area contributed by atoms with Gasteiger partial charge in [-0.15, -0.1) is 0 Å². The minimum atomic E-state index is -0.129. The Bertz CT molecular complexity index is 752. The van der Waals surface area contributed by atoms with Crippen LogP contribution in [0.2, 0.25) is 0 Å². The second kappa shape index (κ2) is 9.63. The van der Waals surface area contributed by atoms with E-state index in [9.17, 15) is 14.7 Å². The summed E-state index contributed by atoms with van der Waals surface area (Å²) in [6.45, 7) is 6.86. The van der Waals surface area contributed by atoms with Crippen molar-refractivity contribution in [1.29, 1.82) is 0 Å². The first-order chi connectivity index (χ1) is 15.3. The third-order valence-corrected chi connectivity index (χ3v) is 10.4. The van der Waals surface area contributed by atoms with Gasteiger partial charge < -0.3 is 5.11 Å². The fourth-order valence-electron chi connectivity index (χ4n) is 8.55. The smallest absolute Gasteiger partial charge is 0.197 e. The number of ketones is 2. The molecule has 4 aliphatic carbocycles. The van der Waals surface area contributed by atoms with Crippen LogP contribution in [0.1, 0.15) is 124 Å². The maximum absolute atomic E-state index is 13.2. The maximum atomic E-state index is 13.2. The van der Waals surface area contributed by atoms with E-state index in [1.54, 1.807) is 0 Å². The van der Waals surface area contributed by atoms with E-state index in [1.807, 2.05) is 0 Å². The molecule has 0 aliphatic heterocycles. The normalized spacial score (nSPS) is 39.1. The third-order valence-electron chi connectivity index (χ3n) is 10.4. The monoisotopic (exact) mass is 442 g/mol. The Labute approximate surface area is 195 Å². The van der Waals surface area contributed by atoms with Crippen LogP contribution in [0, 0.1) is 34.5 Å². The molecule has 0 unspecified atom stereocenters. The van der Waals surface area contributed by atoms with E-state index in [2.05, 4.69) is 20.8 Å². The van der Waals surface area contributed by atoms with Gasteiger partial charge in [0.15, 0.2) is 11.5 Å². The van der Waals surface area contributed by atoms with Crippen LogP contribution >= 0.6 is 0 Å². The molecule has 3 fully saturated rings. The molecule has 32 heavy (non-hydrogen) atoms. The molecule has 0 aromatic heterocycles. The summed E-state index contributed by atoms with van der Waals surface area (Å²) in [5, 5.41) is 10.6. The van der Waals surface area contributed by atoms with Gasteiger partial charge in [0, 0.05) is 18.3 Å². The van der Waals surface area contributed by atoms with Gasteiger partial charge in [0.1, 0.15) is 5.78 Å². The molecule has 3 nitrogen and oxygen atoms in total. The largest absolute Gasteiger partial charge is 0.504 e. The Morgan fingerprint density at radius 1 is 0.875 bits per heavy atom. The minimum absolute atomic E-state index is 0.0447. The van der Waals surface area contributed by atoms with Gasteiger partial charge in [0.2, 0.25) is 0 Å². The topological polar surface area (TPSA) is 54.4 Å². The van der Waals surface area contributed by atoms with Crippen molar-refractivity contribution in [1.82, 2.24) is 0 Å². The standard InChI is InChI=1S/C29H46O3/c1-4-5-6-7-8-9-10-11-12-20-19-25(31)29(3)17-15-22-21(26(20)29)13-14-23-27(32)24(30)16-18-28(22,23)2/h20-22,26,32H,4-19H2,1-3H3/t20-,21+,22-,26-,28+,29+/m0/s1. The van der Waals surface area contributed by atoms with Crippen molar-refractivity contribution in [2.45, 2.75) is 124 Å². The van der Waals surface area contributed by atoms with Crippen LogP contribution in [0.4, 0.5) is 0 Å². The zero-order chi connectivity index (χ0) is 22.9. The van der Waals surface area contributed by atoms with Gasteiger partial charge in [-0.1, -0.05) is 72.1 Å². The van der Waals surface area contributed by atoms with Gasteiger partial charge in [-0.25, -0.2) is 0 Å². The van der Waals surface area contributed by atoms with E-state index in [4.69, 9.17) is 0 Å². The van der Waals surface area contributed by atoms with Crippen molar-refractivity contribution in [3.05, 3.63) is 11.3 Å². The van der Waals surface area contributed by atoms with Crippen molar-refractivity contribution in [2.75, 3.05) is 0 Å². The average molecular weight is 443 g/mol. The number of rotatable bonds is 9. The van der Waals surface area contributed by atoms with Crippen LogP contribution in [-0.4, -0.2) is 16.7 Å². The number of carbonyl (C=O) groups is 2. The number of aliphatic hydroxyl groups is 1. The van der Waals surface area contributed by atoms with Crippen molar-refractivity contribution in [2.24, 2.45) is 34.5 Å². The van der Waals surface area contributed by atoms with E-state index in [0.29, 0.717) is 35.9 Å². The lowest BCUT2D eigenvalue weighted by atomic mass is 9.46. The Hall–Kier alpha value is -1.12. The number of unbranched alkanes of at least 4 members (excludes halogenated alkanes) is 7. The molecular formula is C29H46O3. The lowest BCUT2D eigenvalue weighted by molar-refractivity contribution is -0.133. The summed E-state index contributed by atoms with van der Waals surface area (Å²) in [5.41, 5.74) is 0.870. The van der Waals surface area contributed by atoms with Crippen molar-refractivity contribution in [3.8, 4) is 0 Å². The molecule has 0 saturated heterocycles. The highest BCUT2D eigenvalue weighted by molar-refractivity contribution is 5.95. The van der Waals surface area contributed by atoms with E-state index in [-0.39, 0.29) is 22.4 Å². The molecule has 4 rings (SSSR count). The van der Waals surface area contributed by atoms with Gasteiger partial charge in [-0.2, -0.15) is 0 Å². The predicted molar refractivity (Wildman–Crippen MR) is 129 cm³/mol. The first-order valence-electron chi connectivity index (χ1n) is 13.8. The molecular weight excluding hydrogens is 396 g/mol. The lowest BCUT2D eigenvalue weighted by Crippen LogP contribution is -2.52. The van der Waals surface area contributed by atoms with Crippen LogP contribution in [0.5, 0.6) is 0 Å². The molecule has 3 heteroatoms. The van der Waals surface area contributed by atoms with Crippen LogP contribution in [-0.2, 0) is 9.59 Å². The van der Waals surface area contributed by atoms with Gasteiger partial charge in [0.05, 0.1) is 0 Å². The first kappa shape index (κ1) is 24.0. The highest BCUT2D eigenvalue weighted by atomic mass is 16.3. The number of fused-ring (bicyclic) bond motifs is 5. The fraction of sp³-hybridized carbons (Fsp3) is 0.862. The highest BCUT2D eigenvalue weighted by Crippen LogP contribution is 2.66. The number of carbonyl (C=O) groups excluding carboxylic acids is 2. The Morgan fingerprint density at radius 2 is 1.56 bits per heavy atom. The molecule has 0 bridgehead atoms. The average Bonchev–Trinajstić information content (AvgIpc) is 3.03. The molecule has 0 aromatic rings. The maximum Gasteiger partial charge on any atom is 0.197 e. The Kier molecular flexibility index (Phi) is 7.23. The van der Waals surface area contributed by atoms with Crippen molar-refractivity contribution >= 4 is 11.6 Å². The van der Waals surface area contributed by atoms with E-state index in [1.165, 1.54) is 57.8 Å². The van der Waals surface area contributed by atoms with E-state index >= 15 is 0 Å². The zero-order valence-electron chi connectivity index (χ0n) is 20.9. The number of allylic oxidation sites excluding steroid dienone is 1. The molecule has 1 N–H and O–H groups in total. The summed E-state index contributed by atoms with van der Waals surface area (Å²) >= 11 is 0. The van der Waals surface area contributed by atoms with Crippen LogP contribution in [0.15, 0.2) is 11.3 Å². The van der Waals surface area contributed by atoms with Crippen molar-refractivity contribution in [3.63, 3.8) is 0 Å². The van der Waals surface area contributed by atoms with E-state index in [0.717, 1.165) is 44.1 Å². The predicted octanol–water partition coefficient (Wildman–Crippen LogP) is 7.73. The van der Waals surface area contributed by atoms with Crippen LogP contribution < -0.4 is 0 Å². The molecule has 0 radical (unpaired) electrons. The van der Waals surface area contributed by atoms with Gasteiger partial charge >= 0.3 is 0 Å². The van der Waals surface area contributed by atoms with Crippen molar-refractivity contribution < 1.29 is 14.7 Å². The Morgan fingerprint density at radius 3 is 2.28 bits per heavy atom. The summed E-state index contributed by atoms with van der Waals surface area (Å²) in [5.74, 6) is 2.72. The van der Waals surface area contributed by atoms with Crippen LogP contribution in [0.25, 0.3) is 0 Å². The number of hydrogen-bond acceptors (Lipinski definition) is 3. The molecule has 0 spiro atoms. The molecule has 6 atom stereocenters. The summed E-state index contributed by atoms with van der Waals surface area (Å²) in [6.07, 6.45) is 18.1. The summed E-state index contributed by atoms with van der Waals surface area (Å²) in [7, 11) is 0. The molecule has 4 aliphatic rings. The van der Waals surface area contributed by atoms with Gasteiger partial charge in [-0.3, -0.25) is 9.59 Å². The minimum Gasteiger partial charge on any atom is -0.504 e. The number of hydrogen-bond donors (Lipinski definition) is 1. The molecule has 0 amide bonds. The van der Waals surface area contributed by atoms with Gasteiger partial charge in [0.25, 0.3) is 0 Å². The number of Topliss-reactive ketones (excluding diaryl/α,β-unsaturated/α-hetero) is 2. The second-order valence-corrected chi connectivity index (χ2v) is 12.1. The SMILES string of the molecule is CCCCCCCCCC[C@H]1CC(=O)[C@@]2(C)CC[C@H]3[C@@H](CCC4=C(O)C(=O)CC[C@@]43C)[C@H]12. The highest BCUT2D eigenvalue weighted by Gasteiger charge is 2.62. The summed E-state index contributed by atoms with van der Waals surface area (Å²) in [6, 6.07) is 0. The first-order valence-corrected chi connectivity index (χ1v) is 13.8. The summed E-state index contributed by atoms with van der Waals surface area (Å²) in [4.78, 5) is 25.4. The molecule has 0 heterocycles. The Balaban J connectivity index is 1.42. The quantitative estimate of drug-likeness (QED) is 0.372. The molecule has 180 valence electrons. The fourth-order valence-corrected chi connectivity index (χ4v) is 8.55.